The number of aliphatic hydroxyl groups excluding tert-OH is 1. The molecule has 1 fully saturated rings. The maximum Gasteiger partial charge on any atom is 0.0593 e. The van der Waals surface area contributed by atoms with E-state index in [4.69, 9.17) is 9.84 Å². The zero-order chi connectivity index (χ0) is 8.81. The summed E-state index contributed by atoms with van der Waals surface area (Å²) in [5.74, 6) is 0. The van der Waals surface area contributed by atoms with E-state index < -0.39 is 0 Å². The minimum absolute atomic E-state index is 0.298. The Kier molecular flexibility index (Phi) is 4.58. The van der Waals surface area contributed by atoms with Crippen LogP contribution in [0.1, 0.15) is 19.8 Å². The van der Waals surface area contributed by atoms with Crippen molar-refractivity contribution < 1.29 is 9.84 Å². The van der Waals surface area contributed by atoms with Gasteiger partial charge >= 0.3 is 0 Å². The molecule has 0 saturated carbocycles. The Morgan fingerprint density at radius 3 is 3.08 bits per heavy atom. The van der Waals surface area contributed by atoms with Crippen molar-refractivity contribution in [1.29, 1.82) is 0 Å². The van der Waals surface area contributed by atoms with Crippen molar-refractivity contribution in [3.8, 4) is 0 Å². The van der Waals surface area contributed by atoms with E-state index >= 15 is 0 Å². The standard InChI is InChI=1S/C9H19NO2/c1-2-12-7-6-10-5-3-4-9(10)8-11/h9,11H,2-8H2,1H3/t9-/m1/s1. The lowest BCUT2D eigenvalue weighted by atomic mass is 10.2. The van der Waals surface area contributed by atoms with Gasteiger partial charge in [0.25, 0.3) is 0 Å². The average Bonchev–Trinajstić information content (AvgIpc) is 2.52. The van der Waals surface area contributed by atoms with Crippen LogP contribution in [-0.2, 0) is 4.74 Å². The summed E-state index contributed by atoms with van der Waals surface area (Å²) >= 11 is 0. The van der Waals surface area contributed by atoms with Gasteiger partial charge in [-0.05, 0) is 26.3 Å². The third kappa shape index (κ3) is 2.73. The molecule has 1 N–H and O–H groups in total. The molecule has 12 heavy (non-hydrogen) atoms. The van der Waals surface area contributed by atoms with Gasteiger partial charge in [0.15, 0.2) is 0 Å². The molecule has 3 heteroatoms. The van der Waals surface area contributed by atoms with Gasteiger partial charge < -0.3 is 9.84 Å². The zero-order valence-electron chi connectivity index (χ0n) is 7.83. The second-order valence-electron chi connectivity index (χ2n) is 3.21. The Balaban J connectivity index is 2.12. The van der Waals surface area contributed by atoms with Gasteiger partial charge in [-0.2, -0.15) is 0 Å². The van der Waals surface area contributed by atoms with Crippen LogP contribution in [0.15, 0.2) is 0 Å². The fourth-order valence-electron chi connectivity index (χ4n) is 1.72. The van der Waals surface area contributed by atoms with Crippen molar-refractivity contribution in [3.63, 3.8) is 0 Å². The average molecular weight is 173 g/mol. The highest BCUT2D eigenvalue weighted by atomic mass is 16.5. The first kappa shape index (κ1) is 9.96. The first-order chi connectivity index (χ1) is 5.88. The predicted molar refractivity (Wildman–Crippen MR) is 48.2 cm³/mol. The molecule has 72 valence electrons. The highest BCUT2D eigenvalue weighted by Crippen LogP contribution is 2.15. The number of nitrogens with zero attached hydrogens (tertiary/aromatic N) is 1. The van der Waals surface area contributed by atoms with Crippen LogP contribution in [0, 0.1) is 0 Å². The minimum Gasteiger partial charge on any atom is -0.395 e. The fourth-order valence-corrected chi connectivity index (χ4v) is 1.72. The summed E-state index contributed by atoms with van der Waals surface area (Å²) in [4.78, 5) is 2.32. The van der Waals surface area contributed by atoms with E-state index in [1.54, 1.807) is 0 Å². The van der Waals surface area contributed by atoms with Crippen molar-refractivity contribution in [1.82, 2.24) is 4.90 Å². The molecule has 0 aromatic rings. The maximum atomic E-state index is 9.01. The summed E-state index contributed by atoms with van der Waals surface area (Å²) in [6.45, 7) is 5.99. The van der Waals surface area contributed by atoms with Gasteiger partial charge in [0.2, 0.25) is 0 Å². The van der Waals surface area contributed by atoms with Crippen molar-refractivity contribution in [2.45, 2.75) is 25.8 Å². The summed E-state index contributed by atoms with van der Waals surface area (Å²) in [5, 5.41) is 9.01. The fraction of sp³-hybridized carbons (Fsp3) is 1.00. The first-order valence-electron chi connectivity index (χ1n) is 4.81. The lowest BCUT2D eigenvalue weighted by molar-refractivity contribution is 0.0919. The molecular formula is C9H19NO2. The van der Waals surface area contributed by atoms with E-state index in [9.17, 15) is 0 Å². The van der Waals surface area contributed by atoms with Gasteiger partial charge in [-0.25, -0.2) is 0 Å². The number of hydrogen-bond acceptors (Lipinski definition) is 3. The van der Waals surface area contributed by atoms with Crippen LogP contribution < -0.4 is 0 Å². The molecule has 1 aliphatic heterocycles. The summed E-state index contributed by atoms with van der Waals surface area (Å²) in [6, 6.07) is 0.394. The summed E-state index contributed by atoms with van der Waals surface area (Å²) in [5.41, 5.74) is 0. The molecule has 1 heterocycles. The Morgan fingerprint density at radius 1 is 1.58 bits per heavy atom. The van der Waals surface area contributed by atoms with E-state index in [-0.39, 0.29) is 0 Å². The van der Waals surface area contributed by atoms with Crippen molar-refractivity contribution in [3.05, 3.63) is 0 Å². The van der Waals surface area contributed by atoms with Crippen molar-refractivity contribution >= 4 is 0 Å². The molecule has 1 saturated heterocycles. The van der Waals surface area contributed by atoms with E-state index in [2.05, 4.69) is 4.90 Å². The topological polar surface area (TPSA) is 32.7 Å². The Hall–Kier alpha value is -0.120. The molecule has 1 rings (SSSR count). The SMILES string of the molecule is CCOCCN1CCC[C@@H]1CO. The van der Waals surface area contributed by atoms with Crippen LogP contribution in [0.25, 0.3) is 0 Å². The van der Waals surface area contributed by atoms with Crippen LogP contribution in [0.3, 0.4) is 0 Å². The highest BCUT2D eigenvalue weighted by molar-refractivity contribution is 4.77. The molecule has 0 bridgehead atoms. The lowest BCUT2D eigenvalue weighted by Gasteiger charge is -2.21. The summed E-state index contributed by atoms with van der Waals surface area (Å²) < 4.78 is 5.26. The van der Waals surface area contributed by atoms with Crippen LogP contribution in [0.5, 0.6) is 0 Å². The molecule has 0 aromatic heterocycles. The van der Waals surface area contributed by atoms with Gasteiger partial charge in [0.05, 0.1) is 13.2 Å². The maximum absolute atomic E-state index is 9.01. The van der Waals surface area contributed by atoms with Gasteiger partial charge in [-0.1, -0.05) is 0 Å². The number of hydrogen-bond donors (Lipinski definition) is 1. The second kappa shape index (κ2) is 5.51. The van der Waals surface area contributed by atoms with Gasteiger partial charge in [-0.3, -0.25) is 4.90 Å². The first-order valence-corrected chi connectivity index (χ1v) is 4.81. The molecular weight excluding hydrogens is 154 g/mol. The normalized spacial score (nSPS) is 25.0. The molecule has 1 aliphatic rings. The molecule has 1 atom stereocenters. The monoisotopic (exact) mass is 173 g/mol. The number of aliphatic hydroxyl groups is 1. The minimum atomic E-state index is 0.298. The summed E-state index contributed by atoms with van der Waals surface area (Å²) in [6.07, 6.45) is 2.36. The van der Waals surface area contributed by atoms with E-state index in [1.165, 1.54) is 6.42 Å². The third-order valence-corrected chi connectivity index (χ3v) is 2.44. The molecule has 0 aromatic carbocycles. The quantitative estimate of drug-likeness (QED) is 0.614. The summed E-state index contributed by atoms with van der Waals surface area (Å²) in [7, 11) is 0. The third-order valence-electron chi connectivity index (χ3n) is 2.44. The molecule has 0 amide bonds. The highest BCUT2D eigenvalue weighted by Gasteiger charge is 2.22. The van der Waals surface area contributed by atoms with Crippen LogP contribution in [-0.4, -0.2) is 49.0 Å². The largest absolute Gasteiger partial charge is 0.395 e. The van der Waals surface area contributed by atoms with Crippen molar-refractivity contribution in [2.24, 2.45) is 0 Å². The smallest absolute Gasteiger partial charge is 0.0593 e. The Labute approximate surface area is 74.3 Å². The zero-order valence-corrected chi connectivity index (χ0v) is 7.83. The number of likely N-dealkylation sites (tertiary alicyclic amines) is 1. The Bertz CT molecular complexity index is 119. The molecule has 0 spiro atoms. The predicted octanol–water partition coefficient (Wildman–Crippen LogP) is 0.480. The number of ether oxygens (including phenoxy) is 1. The van der Waals surface area contributed by atoms with Gasteiger partial charge in [-0.15, -0.1) is 0 Å². The van der Waals surface area contributed by atoms with Crippen molar-refractivity contribution in [2.75, 3.05) is 32.9 Å². The van der Waals surface area contributed by atoms with Crippen LogP contribution in [0.4, 0.5) is 0 Å². The molecule has 0 radical (unpaired) electrons. The molecule has 0 aliphatic carbocycles. The van der Waals surface area contributed by atoms with Gasteiger partial charge in [0, 0.05) is 19.2 Å². The van der Waals surface area contributed by atoms with Gasteiger partial charge in [0.1, 0.15) is 0 Å². The number of rotatable bonds is 5. The second-order valence-corrected chi connectivity index (χ2v) is 3.21. The van der Waals surface area contributed by atoms with E-state index in [0.717, 1.165) is 32.7 Å². The van der Waals surface area contributed by atoms with E-state index in [0.29, 0.717) is 12.6 Å². The Morgan fingerprint density at radius 2 is 2.42 bits per heavy atom. The van der Waals surface area contributed by atoms with Crippen LogP contribution >= 0.6 is 0 Å². The lowest BCUT2D eigenvalue weighted by Crippen LogP contribution is -2.34. The van der Waals surface area contributed by atoms with Crippen LogP contribution in [0.2, 0.25) is 0 Å². The molecule has 3 nitrogen and oxygen atoms in total. The van der Waals surface area contributed by atoms with E-state index in [1.807, 2.05) is 6.92 Å². The molecule has 0 unspecified atom stereocenters.